The van der Waals surface area contributed by atoms with Gasteiger partial charge in [0.15, 0.2) is 0 Å². The molecule has 246 valence electrons. The molecule has 0 heteroatoms. The van der Waals surface area contributed by atoms with Crippen molar-refractivity contribution in [1.82, 2.24) is 0 Å². The Kier molecular flexibility index (Phi) is 9.17. The van der Waals surface area contributed by atoms with E-state index in [-0.39, 0.29) is 0 Å². The molecule has 0 aliphatic carbocycles. The number of rotatable bonds is 6. The van der Waals surface area contributed by atoms with Crippen LogP contribution < -0.4 is 0 Å². The summed E-state index contributed by atoms with van der Waals surface area (Å²) in [5, 5.41) is 0. The molecule has 0 atom stereocenters. The van der Waals surface area contributed by atoms with Gasteiger partial charge in [-0.1, -0.05) is 217 Å². The molecule has 0 nitrogen and oxygen atoms in total. The first-order valence-electron chi connectivity index (χ1n) is 17.8. The summed E-state index contributed by atoms with van der Waals surface area (Å²) >= 11 is 0. The molecule has 0 aliphatic rings. The maximum absolute atomic E-state index is 3.77. The predicted molar refractivity (Wildman–Crippen MR) is 221 cm³/mol. The van der Waals surface area contributed by atoms with Gasteiger partial charge < -0.3 is 0 Å². The smallest absolute Gasteiger partial charge is 0.0405 e. The highest BCUT2D eigenvalue weighted by molar-refractivity contribution is 5.87. The van der Waals surface area contributed by atoms with Gasteiger partial charge >= 0.3 is 0 Å². The van der Waals surface area contributed by atoms with Gasteiger partial charge in [-0.05, 0) is 80.6 Å². The molecule has 0 saturated heterocycles. The Morgan fingerprint density at radius 2 is 0.481 bits per heavy atom. The fourth-order valence-corrected chi connectivity index (χ4v) is 6.87. The van der Waals surface area contributed by atoms with Crippen molar-refractivity contribution >= 4 is 0 Å². The fourth-order valence-electron chi connectivity index (χ4n) is 6.87. The number of hydrogen-bond donors (Lipinski definition) is 0. The number of aryl methyl sites for hydroxylation is 2. The maximum Gasteiger partial charge on any atom is 0.0405 e. The van der Waals surface area contributed by atoms with E-state index in [1.807, 2.05) is 0 Å². The Morgan fingerprint density at radius 3 is 0.788 bits per heavy atom. The second kappa shape index (κ2) is 14.7. The highest BCUT2D eigenvalue weighted by Crippen LogP contribution is 2.36. The van der Waals surface area contributed by atoms with E-state index >= 15 is 0 Å². The van der Waals surface area contributed by atoms with Crippen molar-refractivity contribution < 1.29 is 0 Å². The van der Waals surface area contributed by atoms with Crippen molar-refractivity contribution in [2.45, 2.75) is 13.8 Å². The molecular weight excluding hydrogens is 625 g/mol. The van der Waals surface area contributed by atoms with E-state index in [4.69, 9.17) is 0 Å². The molecule has 0 unspecified atom stereocenters. The van der Waals surface area contributed by atoms with E-state index in [1.54, 1.807) is 0 Å². The Morgan fingerprint density at radius 1 is 0.231 bits per heavy atom. The van der Waals surface area contributed by atoms with Crippen LogP contribution in [0.15, 0.2) is 194 Å². The third-order valence-electron chi connectivity index (χ3n) is 9.77. The van der Waals surface area contributed by atoms with Crippen LogP contribution in [0.4, 0.5) is 0 Å². The second-order valence-corrected chi connectivity index (χ2v) is 13.3. The zero-order chi connectivity index (χ0) is 35.3. The van der Waals surface area contributed by atoms with Gasteiger partial charge in [0.1, 0.15) is 0 Å². The van der Waals surface area contributed by atoms with Gasteiger partial charge in [0.2, 0.25) is 0 Å². The third kappa shape index (κ3) is 6.86. The van der Waals surface area contributed by atoms with Crippen molar-refractivity contribution in [2.24, 2.45) is 0 Å². The minimum Gasteiger partial charge on any atom is -0.0622 e. The monoisotopic (exact) mass is 662 g/mol. The van der Waals surface area contributed by atoms with Crippen LogP contribution in [0.3, 0.4) is 0 Å². The van der Waals surface area contributed by atoms with Gasteiger partial charge in [-0.15, -0.1) is 0 Å². The van der Waals surface area contributed by atoms with E-state index in [2.05, 4.69) is 220 Å². The molecule has 8 aromatic carbocycles. The first-order chi connectivity index (χ1) is 25.6. The average molecular weight is 663 g/mol. The van der Waals surface area contributed by atoms with Gasteiger partial charge in [-0.2, -0.15) is 0 Å². The summed E-state index contributed by atoms with van der Waals surface area (Å²) in [6, 6.07) is 69.5. The summed E-state index contributed by atoms with van der Waals surface area (Å²) in [4.78, 5) is 0. The highest BCUT2D eigenvalue weighted by Gasteiger charge is 2.14. The summed E-state index contributed by atoms with van der Waals surface area (Å²) in [6.45, 7) is 4.26. The van der Waals surface area contributed by atoms with E-state index < -0.39 is 0 Å². The first kappa shape index (κ1) is 32.5. The Labute approximate surface area is 307 Å². The molecular formula is C52H38. The van der Waals surface area contributed by atoms with E-state index in [1.165, 1.54) is 33.4 Å². The van der Waals surface area contributed by atoms with Gasteiger partial charge in [0, 0.05) is 11.1 Å². The lowest BCUT2D eigenvalue weighted by Crippen LogP contribution is -1.93. The van der Waals surface area contributed by atoms with Crippen molar-refractivity contribution in [2.75, 3.05) is 0 Å². The normalized spacial score (nSPS) is 10.7. The summed E-state index contributed by atoms with van der Waals surface area (Å²) in [6.07, 6.45) is 0. The minimum atomic E-state index is 1.02. The summed E-state index contributed by atoms with van der Waals surface area (Å²) in [5.41, 5.74) is 18.4. The molecule has 0 aliphatic heterocycles. The molecule has 0 heterocycles. The van der Waals surface area contributed by atoms with Crippen LogP contribution in [0.2, 0.25) is 0 Å². The molecule has 0 spiro atoms. The summed E-state index contributed by atoms with van der Waals surface area (Å²) in [5.74, 6) is 7.55. The quantitative estimate of drug-likeness (QED) is 0.155. The Balaban J connectivity index is 1.30. The molecule has 0 N–H and O–H groups in total. The number of benzene rings is 8. The Hall–Kier alpha value is -6.68. The van der Waals surface area contributed by atoms with Gasteiger partial charge in [0.05, 0.1) is 0 Å². The van der Waals surface area contributed by atoms with Gasteiger partial charge in [-0.3, -0.25) is 0 Å². The number of hydrogen-bond acceptors (Lipinski definition) is 0. The zero-order valence-corrected chi connectivity index (χ0v) is 29.5. The lowest BCUT2D eigenvalue weighted by molar-refractivity contribution is 1.46. The van der Waals surface area contributed by atoms with Crippen molar-refractivity contribution in [3.05, 3.63) is 216 Å². The van der Waals surface area contributed by atoms with Crippen molar-refractivity contribution in [3.8, 4) is 78.6 Å². The van der Waals surface area contributed by atoms with E-state index in [0.29, 0.717) is 0 Å². The molecule has 0 aromatic heterocycles. The fraction of sp³-hybridized carbons (Fsp3) is 0.0385. The van der Waals surface area contributed by atoms with Crippen molar-refractivity contribution in [1.29, 1.82) is 0 Å². The van der Waals surface area contributed by atoms with Crippen molar-refractivity contribution in [3.63, 3.8) is 0 Å². The first-order valence-corrected chi connectivity index (χ1v) is 17.8. The third-order valence-corrected chi connectivity index (χ3v) is 9.77. The molecule has 0 bridgehead atoms. The second-order valence-electron chi connectivity index (χ2n) is 13.3. The SMILES string of the molecule is Cc1ccc(-c2cccc(-c3ccc(-c4ccccc4)cc3)c2C#Cc2c(-c3ccc(C)cc3)cccc2-c2ccc(-c3ccccc3)cc2)cc1. The topological polar surface area (TPSA) is 0 Å². The van der Waals surface area contributed by atoms with Crippen LogP contribution in [0.5, 0.6) is 0 Å². The predicted octanol–water partition coefficient (Wildman–Crippen LogP) is 13.7. The lowest BCUT2D eigenvalue weighted by atomic mass is 9.89. The molecule has 0 amide bonds. The van der Waals surface area contributed by atoms with Crippen LogP contribution in [0, 0.1) is 25.7 Å². The molecule has 0 radical (unpaired) electrons. The van der Waals surface area contributed by atoms with Gasteiger partial charge in [-0.25, -0.2) is 0 Å². The minimum absolute atomic E-state index is 1.02. The molecule has 8 aromatic rings. The van der Waals surface area contributed by atoms with E-state index in [0.717, 1.165) is 55.6 Å². The zero-order valence-electron chi connectivity index (χ0n) is 29.5. The molecule has 0 fully saturated rings. The molecule has 0 saturated carbocycles. The summed E-state index contributed by atoms with van der Waals surface area (Å²) in [7, 11) is 0. The summed E-state index contributed by atoms with van der Waals surface area (Å²) < 4.78 is 0. The van der Waals surface area contributed by atoms with Gasteiger partial charge in [0.25, 0.3) is 0 Å². The Bertz CT molecular complexity index is 2330. The van der Waals surface area contributed by atoms with Crippen LogP contribution >= 0.6 is 0 Å². The van der Waals surface area contributed by atoms with Crippen LogP contribution in [0.1, 0.15) is 22.3 Å². The molecule has 52 heavy (non-hydrogen) atoms. The van der Waals surface area contributed by atoms with Crippen LogP contribution in [0.25, 0.3) is 66.8 Å². The standard InChI is InChI=1S/C52H38/c1-37-19-23-43(24-20-37)47-15-9-17-49(45-31-27-41(28-32-45)39-11-5-3-6-12-39)51(47)35-36-52-48(44-25-21-38(2)22-26-44)16-10-18-50(52)46-33-29-42(30-34-46)40-13-7-4-8-14-40/h3-34H,1-2H3. The molecule has 8 rings (SSSR count). The maximum atomic E-state index is 3.77. The largest absolute Gasteiger partial charge is 0.0622 e. The van der Waals surface area contributed by atoms with E-state index in [9.17, 15) is 0 Å². The average Bonchev–Trinajstić information content (AvgIpc) is 3.21. The highest BCUT2D eigenvalue weighted by atomic mass is 14.2. The van der Waals surface area contributed by atoms with Crippen LogP contribution in [-0.4, -0.2) is 0 Å². The van der Waals surface area contributed by atoms with Crippen LogP contribution in [-0.2, 0) is 0 Å². The lowest BCUT2D eigenvalue weighted by Gasteiger charge is -2.14.